The lowest BCUT2D eigenvalue weighted by Crippen LogP contribution is -2.32. The molecule has 0 saturated heterocycles. The van der Waals surface area contributed by atoms with Crippen molar-refractivity contribution in [3.8, 4) is 0 Å². The molecule has 0 radical (unpaired) electrons. The molecule has 1 rings (SSSR count). The number of ether oxygens (including phenoxy) is 1. The highest BCUT2D eigenvalue weighted by atomic mass is 16.5. The van der Waals surface area contributed by atoms with Crippen molar-refractivity contribution in [2.45, 2.75) is 52.2 Å². The minimum Gasteiger partial charge on any atom is -0.379 e. The maximum Gasteiger partial charge on any atom is 0.0763 e. The first kappa shape index (κ1) is 15.2. The van der Waals surface area contributed by atoms with E-state index in [9.17, 15) is 0 Å². The standard InChI is InChI=1S/C16H27NO/c1-6-15(18-5)16(17-7-2)14-10-8-13(9-11-14)12(3)4/h8-12,15-17H,6-7H2,1-5H3. The lowest BCUT2D eigenvalue weighted by Gasteiger charge is -2.26. The van der Waals surface area contributed by atoms with Gasteiger partial charge in [0.15, 0.2) is 0 Å². The molecule has 0 heterocycles. The normalized spacial score (nSPS) is 14.8. The minimum atomic E-state index is 0.231. The van der Waals surface area contributed by atoms with Gasteiger partial charge in [0.2, 0.25) is 0 Å². The van der Waals surface area contributed by atoms with Crippen molar-refractivity contribution in [1.29, 1.82) is 0 Å². The second-order valence-corrected chi connectivity index (χ2v) is 5.04. The Kier molecular flexibility index (Phi) is 6.37. The van der Waals surface area contributed by atoms with Gasteiger partial charge in [0.05, 0.1) is 12.1 Å². The second kappa shape index (κ2) is 7.55. The van der Waals surface area contributed by atoms with Gasteiger partial charge >= 0.3 is 0 Å². The number of methoxy groups -OCH3 is 1. The maximum absolute atomic E-state index is 5.58. The molecule has 2 unspecified atom stereocenters. The van der Waals surface area contributed by atoms with Crippen LogP contribution in [0.5, 0.6) is 0 Å². The van der Waals surface area contributed by atoms with Crippen LogP contribution in [0.1, 0.15) is 57.2 Å². The number of hydrogen-bond acceptors (Lipinski definition) is 2. The lowest BCUT2D eigenvalue weighted by molar-refractivity contribution is 0.0656. The number of benzene rings is 1. The topological polar surface area (TPSA) is 21.3 Å². The molecule has 0 aromatic heterocycles. The summed E-state index contributed by atoms with van der Waals surface area (Å²) in [5.41, 5.74) is 2.70. The van der Waals surface area contributed by atoms with Crippen LogP contribution >= 0.6 is 0 Å². The molecule has 1 aromatic carbocycles. The van der Waals surface area contributed by atoms with Gasteiger partial charge in [-0.2, -0.15) is 0 Å². The van der Waals surface area contributed by atoms with Crippen LogP contribution < -0.4 is 5.32 Å². The van der Waals surface area contributed by atoms with Crippen molar-refractivity contribution in [2.24, 2.45) is 0 Å². The summed E-state index contributed by atoms with van der Waals surface area (Å²) in [6.07, 6.45) is 1.25. The predicted octanol–water partition coefficient (Wildman–Crippen LogP) is 3.89. The summed E-state index contributed by atoms with van der Waals surface area (Å²) < 4.78 is 5.58. The molecule has 0 saturated carbocycles. The van der Waals surface area contributed by atoms with E-state index in [0.717, 1.165) is 13.0 Å². The molecule has 0 spiro atoms. The fourth-order valence-corrected chi connectivity index (χ4v) is 2.31. The number of hydrogen-bond donors (Lipinski definition) is 1. The van der Waals surface area contributed by atoms with Gasteiger partial charge in [-0.1, -0.05) is 52.0 Å². The van der Waals surface area contributed by atoms with Crippen LogP contribution in [0.25, 0.3) is 0 Å². The first-order valence-corrected chi connectivity index (χ1v) is 7.00. The highest BCUT2D eigenvalue weighted by Gasteiger charge is 2.20. The molecular formula is C16H27NO. The Morgan fingerprint density at radius 2 is 1.61 bits per heavy atom. The molecule has 0 aliphatic carbocycles. The summed E-state index contributed by atoms with van der Waals surface area (Å²) in [7, 11) is 1.79. The lowest BCUT2D eigenvalue weighted by atomic mass is 9.95. The van der Waals surface area contributed by atoms with Gasteiger partial charge in [0.25, 0.3) is 0 Å². The molecular weight excluding hydrogens is 222 g/mol. The summed E-state index contributed by atoms with van der Waals surface area (Å²) >= 11 is 0. The quantitative estimate of drug-likeness (QED) is 0.791. The number of likely N-dealkylation sites (N-methyl/N-ethyl adjacent to an activating group) is 1. The van der Waals surface area contributed by atoms with Crippen LogP contribution in [0.15, 0.2) is 24.3 Å². The summed E-state index contributed by atoms with van der Waals surface area (Å²) in [5, 5.41) is 3.52. The van der Waals surface area contributed by atoms with Crippen molar-refractivity contribution in [3.05, 3.63) is 35.4 Å². The van der Waals surface area contributed by atoms with Gasteiger partial charge in [0.1, 0.15) is 0 Å². The third kappa shape index (κ3) is 3.82. The zero-order valence-corrected chi connectivity index (χ0v) is 12.4. The Hall–Kier alpha value is -0.860. The Bertz CT molecular complexity index is 327. The van der Waals surface area contributed by atoms with Crippen molar-refractivity contribution < 1.29 is 4.74 Å². The van der Waals surface area contributed by atoms with Gasteiger partial charge in [-0.15, -0.1) is 0 Å². The highest BCUT2D eigenvalue weighted by molar-refractivity contribution is 5.27. The Balaban J connectivity index is 2.91. The van der Waals surface area contributed by atoms with Crippen molar-refractivity contribution in [3.63, 3.8) is 0 Å². The van der Waals surface area contributed by atoms with Crippen molar-refractivity contribution in [2.75, 3.05) is 13.7 Å². The van der Waals surface area contributed by atoms with E-state index in [2.05, 4.69) is 57.3 Å². The molecule has 0 bridgehead atoms. The van der Waals surface area contributed by atoms with E-state index in [1.165, 1.54) is 11.1 Å². The van der Waals surface area contributed by atoms with Gasteiger partial charge < -0.3 is 10.1 Å². The van der Waals surface area contributed by atoms with E-state index in [1.54, 1.807) is 7.11 Å². The Labute approximate surface area is 112 Å². The molecule has 0 amide bonds. The van der Waals surface area contributed by atoms with E-state index in [4.69, 9.17) is 4.74 Å². The first-order valence-electron chi connectivity index (χ1n) is 7.00. The molecule has 1 aromatic rings. The SMILES string of the molecule is CCNC(c1ccc(C(C)C)cc1)C(CC)OC. The third-order valence-corrected chi connectivity index (χ3v) is 3.46. The van der Waals surface area contributed by atoms with E-state index >= 15 is 0 Å². The van der Waals surface area contributed by atoms with Gasteiger partial charge in [-0.25, -0.2) is 0 Å². The van der Waals surface area contributed by atoms with E-state index < -0.39 is 0 Å². The van der Waals surface area contributed by atoms with Crippen LogP contribution in [0.4, 0.5) is 0 Å². The zero-order valence-electron chi connectivity index (χ0n) is 12.4. The van der Waals surface area contributed by atoms with E-state index in [-0.39, 0.29) is 12.1 Å². The van der Waals surface area contributed by atoms with Gasteiger partial charge in [-0.3, -0.25) is 0 Å². The van der Waals surface area contributed by atoms with E-state index in [0.29, 0.717) is 5.92 Å². The van der Waals surface area contributed by atoms with Crippen LogP contribution in [-0.2, 0) is 4.74 Å². The van der Waals surface area contributed by atoms with Crippen molar-refractivity contribution >= 4 is 0 Å². The average molecular weight is 249 g/mol. The van der Waals surface area contributed by atoms with Gasteiger partial charge in [-0.05, 0) is 30.0 Å². The minimum absolute atomic E-state index is 0.231. The zero-order chi connectivity index (χ0) is 13.5. The molecule has 18 heavy (non-hydrogen) atoms. The molecule has 1 N–H and O–H groups in total. The fourth-order valence-electron chi connectivity index (χ4n) is 2.31. The molecule has 2 atom stereocenters. The summed E-state index contributed by atoms with van der Waals surface area (Å²) in [5.74, 6) is 0.584. The number of nitrogens with one attached hydrogen (secondary N) is 1. The molecule has 102 valence electrons. The molecule has 0 fully saturated rings. The summed E-state index contributed by atoms with van der Waals surface area (Å²) in [4.78, 5) is 0. The maximum atomic E-state index is 5.58. The monoisotopic (exact) mass is 249 g/mol. The molecule has 0 aliphatic heterocycles. The molecule has 2 heteroatoms. The first-order chi connectivity index (χ1) is 8.63. The second-order valence-electron chi connectivity index (χ2n) is 5.04. The van der Waals surface area contributed by atoms with E-state index in [1.807, 2.05) is 0 Å². The third-order valence-electron chi connectivity index (χ3n) is 3.46. The van der Waals surface area contributed by atoms with Gasteiger partial charge in [0, 0.05) is 7.11 Å². The van der Waals surface area contributed by atoms with Crippen LogP contribution in [0, 0.1) is 0 Å². The van der Waals surface area contributed by atoms with Crippen LogP contribution in [0.2, 0.25) is 0 Å². The fraction of sp³-hybridized carbons (Fsp3) is 0.625. The van der Waals surface area contributed by atoms with Crippen LogP contribution in [0.3, 0.4) is 0 Å². The summed E-state index contributed by atoms with van der Waals surface area (Å²) in [6, 6.07) is 9.19. The van der Waals surface area contributed by atoms with Crippen LogP contribution in [-0.4, -0.2) is 19.8 Å². The number of rotatable bonds is 7. The Morgan fingerprint density at radius 1 is 1.06 bits per heavy atom. The summed E-state index contributed by atoms with van der Waals surface area (Å²) in [6.45, 7) is 9.71. The predicted molar refractivity (Wildman–Crippen MR) is 78.0 cm³/mol. The molecule has 0 aliphatic rings. The highest BCUT2D eigenvalue weighted by Crippen LogP contribution is 2.23. The average Bonchev–Trinajstić information content (AvgIpc) is 2.39. The molecule has 2 nitrogen and oxygen atoms in total. The smallest absolute Gasteiger partial charge is 0.0763 e. The Morgan fingerprint density at radius 3 is 2.00 bits per heavy atom. The largest absolute Gasteiger partial charge is 0.379 e. The van der Waals surface area contributed by atoms with Crippen molar-refractivity contribution in [1.82, 2.24) is 5.32 Å².